The zero-order chi connectivity index (χ0) is 13.2. The highest BCUT2D eigenvalue weighted by Gasteiger charge is 2.43. The van der Waals surface area contributed by atoms with Gasteiger partial charge in [0.25, 0.3) is 0 Å². The van der Waals surface area contributed by atoms with Crippen LogP contribution in [0.25, 0.3) is 0 Å². The first-order valence-corrected chi connectivity index (χ1v) is 7.37. The van der Waals surface area contributed by atoms with Gasteiger partial charge in [-0.25, -0.2) is 0 Å². The van der Waals surface area contributed by atoms with Gasteiger partial charge in [0.2, 0.25) is 0 Å². The minimum absolute atomic E-state index is 0.270. The Morgan fingerprint density at radius 1 is 1.33 bits per heavy atom. The minimum Gasteiger partial charge on any atom is -0.316 e. The van der Waals surface area contributed by atoms with Crippen LogP contribution < -0.4 is 5.32 Å². The summed E-state index contributed by atoms with van der Waals surface area (Å²) in [5, 5.41) is 4.54. The van der Waals surface area contributed by atoms with Crippen LogP contribution in [0, 0.1) is 11.8 Å². The molecule has 0 saturated heterocycles. The summed E-state index contributed by atoms with van der Waals surface area (Å²) in [5.74, 6) is 1.52. The third-order valence-corrected chi connectivity index (χ3v) is 4.27. The van der Waals surface area contributed by atoms with Gasteiger partial charge in [-0.1, -0.05) is 50.6 Å². The van der Waals surface area contributed by atoms with E-state index in [1.807, 2.05) is 12.1 Å². The van der Waals surface area contributed by atoms with Crippen molar-refractivity contribution in [2.75, 3.05) is 13.1 Å². The van der Waals surface area contributed by atoms with Crippen molar-refractivity contribution in [1.29, 1.82) is 0 Å². The fourth-order valence-corrected chi connectivity index (χ4v) is 3.56. The Hall–Kier alpha value is -0.530. The minimum atomic E-state index is 0.270. The smallest absolute Gasteiger partial charge is 0.0444 e. The normalized spacial score (nSPS) is 27.3. The lowest BCUT2D eigenvalue weighted by Crippen LogP contribution is -2.48. The molecule has 0 heterocycles. The van der Waals surface area contributed by atoms with Crippen molar-refractivity contribution in [3.8, 4) is 0 Å². The second-order valence-electron chi connectivity index (χ2n) is 6.30. The van der Waals surface area contributed by atoms with Crippen LogP contribution in [-0.4, -0.2) is 13.1 Å². The number of hydrogen-bond acceptors (Lipinski definition) is 1. The number of rotatable bonds is 5. The number of nitrogens with one attached hydrogen (secondary N) is 1. The van der Waals surface area contributed by atoms with Crippen molar-refractivity contribution in [2.24, 2.45) is 11.8 Å². The van der Waals surface area contributed by atoms with Crippen LogP contribution in [0.1, 0.15) is 39.2 Å². The summed E-state index contributed by atoms with van der Waals surface area (Å²) >= 11 is 6.38. The molecule has 1 aliphatic rings. The summed E-state index contributed by atoms with van der Waals surface area (Å²) in [6.07, 6.45) is 2.50. The first-order chi connectivity index (χ1) is 8.53. The maximum Gasteiger partial charge on any atom is 0.0444 e. The SMILES string of the molecule is CC(C)CNCC1(c2ccccc2Cl)CC(C)C1. The van der Waals surface area contributed by atoms with Gasteiger partial charge in [-0.15, -0.1) is 0 Å². The molecule has 0 unspecified atom stereocenters. The summed E-state index contributed by atoms with van der Waals surface area (Å²) in [7, 11) is 0. The van der Waals surface area contributed by atoms with Gasteiger partial charge in [0, 0.05) is 17.0 Å². The van der Waals surface area contributed by atoms with Crippen LogP contribution in [0.15, 0.2) is 24.3 Å². The molecule has 1 saturated carbocycles. The Kier molecular flexibility index (Phi) is 4.34. The highest BCUT2D eigenvalue weighted by molar-refractivity contribution is 6.31. The van der Waals surface area contributed by atoms with Crippen LogP contribution in [0.2, 0.25) is 5.02 Å². The molecule has 1 N–H and O–H groups in total. The van der Waals surface area contributed by atoms with Crippen LogP contribution in [0.3, 0.4) is 0 Å². The summed E-state index contributed by atoms with van der Waals surface area (Å²) in [4.78, 5) is 0. The second-order valence-corrected chi connectivity index (χ2v) is 6.71. The molecule has 1 nitrogen and oxygen atoms in total. The average Bonchev–Trinajstić information content (AvgIpc) is 2.26. The molecular weight excluding hydrogens is 242 g/mol. The van der Waals surface area contributed by atoms with Crippen molar-refractivity contribution < 1.29 is 0 Å². The Morgan fingerprint density at radius 2 is 2.00 bits per heavy atom. The molecule has 0 spiro atoms. The third kappa shape index (κ3) is 2.89. The van der Waals surface area contributed by atoms with E-state index in [1.54, 1.807) is 0 Å². The lowest BCUT2D eigenvalue weighted by Gasteiger charge is -2.48. The Balaban J connectivity index is 2.10. The maximum absolute atomic E-state index is 6.38. The van der Waals surface area contributed by atoms with Gasteiger partial charge >= 0.3 is 0 Å². The van der Waals surface area contributed by atoms with E-state index in [9.17, 15) is 0 Å². The molecule has 2 rings (SSSR count). The molecule has 1 aliphatic carbocycles. The maximum atomic E-state index is 6.38. The average molecular weight is 266 g/mol. The van der Waals surface area contributed by atoms with E-state index in [0.717, 1.165) is 24.0 Å². The third-order valence-electron chi connectivity index (χ3n) is 3.94. The largest absolute Gasteiger partial charge is 0.316 e. The summed E-state index contributed by atoms with van der Waals surface area (Å²) in [5.41, 5.74) is 1.60. The highest BCUT2D eigenvalue weighted by Crippen LogP contribution is 2.49. The zero-order valence-electron chi connectivity index (χ0n) is 11.7. The monoisotopic (exact) mass is 265 g/mol. The molecule has 0 radical (unpaired) electrons. The highest BCUT2D eigenvalue weighted by atomic mass is 35.5. The standard InChI is InChI=1S/C16H24ClN/c1-12(2)10-18-11-16(8-13(3)9-16)14-6-4-5-7-15(14)17/h4-7,12-13,18H,8-11H2,1-3H3. The number of benzene rings is 1. The first kappa shape index (κ1) is 13.9. The van der Waals surface area contributed by atoms with Crippen LogP contribution in [0.4, 0.5) is 0 Å². The van der Waals surface area contributed by atoms with E-state index < -0.39 is 0 Å². The first-order valence-electron chi connectivity index (χ1n) is 6.99. The van der Waals surface area contributed by atoms with Crippen molar-refractivity contribution in [2.45, 2.75) is 39.0 Å². The van der Waals surface area contributed by atoms with Crippen LogP contribution in [0.5, 0.6) is 0 Å². The molecule has 18 heavy (non-hydrogen) atoms. The molecule has 2 heteroatoms. The van der Waals surface area contributed by atoms with Gasteiger partial charge in [-0.2, -0.15) is 0 Å². The molecule has 0 aliphatic heterocycles. The van der Waals surface area contributed by atoms with Crippen molar-refractivity contribution >= 4 is 11.6 Å². The predicted octanol–water partition coefficient (Wildman–Crippen LogP) is 4.25. The Bertz CT molecular complexity index is 394. The Labute approximate surface area is 116 Å². The molecule has 0 bridgehead atoms. The summed E-state index contributed by atoms with van der Waals surface area (Å²) in [6, 6.07) is 8.34. The lowest BCUT2D eigenvalue weighted by atomic mass is 9.59. The van der Waals surface area contributed by atoms with Gasteiger partial charge in [0.05, 0.1) is 0 Å². The van der Waals surface area contributed by atoms with E-state index in [4.69, 9.17) is 11.6 Å². The number of hydrogen-bond donors (Lipinski definition) is 1. The van der Waals surface area contributed by atoms with Gasteiger partial charge in [-0.05, 0) is 42.9 Å². The molecular formula is C16H24ClN. The van der Waals surface area contributed by atoms with E-state index >= 15 is 0 Å². The molecule has 100 valence electrons. The van der Waals surface area contributed by atoms with Crippen molar-refractivity contribution in [3.05, 3.63) is 34.9 Å². The number of halogens is 1. The van der Waals surface area contributed by atoms with Gasteiger partial charge in [-0.3, -0.25) is 0 Å². The topological polar surface area (TPSA) is 12.0 Å². The molecule has 0 atom stereocenters. The quantitative estimate of drug-likeness (QED) is 0.839. The van der Waals surface area contributed by atoms with Crippen molar-refractivity contribution in [3.63, 3.8) is 0 Å². The summed E-state index contributed by atoms with van der Waals surface area (Å²) < 4.78 is 0. The molecule has 1 aromatic rings. The lowest BCUT2D eigenvalue weighted by molar-refractivity contribution is 0.151. The van der Waals surface area contributed by atoms with Crippen molar-refractivity contribution in [1.82, 2.24) is 5.32 Å². The molecule has 1 aromatic carbocycles. The predicted molar refractivity (Wildman–Crippen MR) is 79.2 cm³/mol. The summed E-state index contributed by atoms with van der Waals surface area (Å²) in [6.45, 7) is 8.97. The fourth-order valence-electron chi connectivity index (χ4n) is 3.23. The molecule has 0 aromatic heterocycles. The zero-order valence-corrected chi connectivity index (χ0v) is 12.4. The Morgan fingerprint density at radius 3 is 2.56 bits per heavy atom. The second kappa shape index (κ2) is 5.63. The van der Waals surface area contributed by atoms with Gasteiger partial charge in [0.1, 0.15) is 0 Å². The van der Waals surface area contributed by atoms with E-state index in [0.29, 0.717) is 5.92 Å². The van der Waals surface area contributed by atoms with Crippen LogP contribution >= 0.6 is 11.6 Å². The molecule has 0 amide bonds. The van der Waals surface area contributed by atoms with Gasteiger partial charge < -0.3 is 5.32 Å². The van der Waals surface area contributed by atoms with E-state index in [2.05, 4.69) is 38.2 Å². The van der Waals surface area contributed by atoms with Gasteiger partial charge in [0.15, 0.2) is 0 Å². The fraction of sp³-hybridized carbons (Fsp3) is 0.625. The molecule has 1 fully saturated rings. The van der Waals surface area contributed by atoms with Crippen LogP contribution in [-0.2, 0) is 5.41 Å². The van der Waals surface area contributed by atoms with E-state index in [-0.39, 0.29) is 5.41 Å². The van der Waals surface area contributed by atoms with E-state index in [1.165, 1.54) is 18.4 Å².